The zero-order chi connectivity index (χ0) is 35.6. The zero-order valence-corrected chi connectivity index (χ0v) is 29.3. The predicted molar refractivity (Wildman–Crippen MR) is 193 cm³/mol. The minimum Gasteiger partial charge on any atom is -0.475 e. The van der Waals surface area contributed by atoms with E-state index in [1.54, 1.807) is 35.2 Å². The fourth-order valence-electron chi connectivity index (χ4n) is 6.90. The number of carbonyl (C=O) groups is 2. The van der Waals surface area contributed by atoms with Gasteiger partial charge in [-0.2, -0.15) is 10.2 Å². The van der Waals surface area contributed by atoms with Gasteiger partial charge >= 0.3 is 0 Å². The van der Waals surface area contributed by atoms with Crippen molar-refractivity contribution in [2.45, 2.75) is 39.7 Å². The molecule has 1 N–H and O–H groups in total. The Kier molecular flexibility index (Phi) is 9.63. The Balaban J connectivity index is 0.961. The molecule has 13 heteroatoms. The highest BCUT2D eigenvalue weighted by Crippen LogP contribution is 2.32. The van der Waals surface area contributed by atoms with Crippen LogP contribution in [0.25, 0.3) is 39.1 Å². The van der Waals surface area contributed by atoms with Crippen LogP contribution in [0.5, 0.6) is 5.88 Å². The van der Waals surface area contributed by atoms with Crippen molar-refractivity contribution in [3.63, 3.8) is 0 Å². The fraction of sp³-hybridized carbons (Fsp3) is 0.368. The molecule has 1 fully saturated rings. The van der Waals surface area contributed by atoms with Crippen LogP contribution in [0, 0.1) is 11.7 Å². The predicted octanol–water partition coefficient (Wildman–Crippen LogP) is 5.34. The number of aromatic amines is 1. The van der Waals surface area contributed by atoms with Crippen molar-refractivity contribution < 1.29 is 18.7 Å². The lowest BCUT2D eigenvalue weighted by Gasteiger charge is -2.29. The molecule has 51 heavy (non-hydrogen) atoms. The van der Waals surface area contributed by atoms with Gasteiger partial charge in [0, 0.05) is 73.3 Å². The molecule has 1 atom stereocenters. The minimum atomic E-state index is -0.329. The third kappa shape index (κ3) is 7.25. The molecule has 2 aromatic carbocycles. The van der Waals surface area contributed by atoms with E-state index < -0.39 is 0 Å². The van der Waals surface area contributed by atoms with Gasteiger partial charge in [-0.1, -0.05) is 18.2 Å². The Bertz CT molecular complexity index is 2090. The molecule has 2 amide bonds. The van der Waals surface area contributed by atoms with E-state index in [1.807, 2.05) is 68.1 Å². The molecule has 12 nitrogen and oxygen atoms in total. The number of benzene rings is 2. The number of hydrogen-bond donors (Lipinski definition) is 1. The van der Waals surface area contributed by atoms with Crippen LogP contribution < -0.4 is 9.64 Å². The number of aromatic nitrogens is 6. The summed E-state index contributed by atoms with van der Waals surface area (Å²) in [6.07, 6.45) is 6.54. The van der Waals surface area contributed by atoms with Gasteiger partial charge < -0.3 is 14.5 Å². The molecule has 2 aliphatic heterocycles. The van der Waals surface area contributed by atoms with Gasteiger partial charge in [-0.3, -0.25) is 24.3 Å². The monoisotopic (exact) mass is 691 g/mol. The van der Waals surface area contributed by atoms with Crippen LogP contribution in [0.3, 0.4) is 0 Å². The quantitative estimate of drug-likeness (QED) is 0.208. The first-order valence-electron chi connectivity index (χ1n) is 17.4. The Morgan fingerprint density at radius 3 is 2.61 bits per heavy atom. The van der Waals surface area contributed by atoms with Crippen molar-refractivity contribution in [2.24, 2.45) is 13.0 Å². The number of likely N-dealkylation sites (tertiary alicyclic amines) is 1. The van der Waals surface area contributed by atoms with Crippen molar-refractivity contribution in [1.82, 2.24) is 39.7 Å². The number of ether oxygens (including phenoxy) is 1. The number of pyridine rings is 1. The minimum absolute atomic E-state index is 0.0130. The third-order valence-corrected chi connectivity index (χ3v) is 9.52. The van der Waals surface area contributed by atoms with E-state index in [0.29, 0.717) is 68.4 Å². The number of hydrogen-bond acceptors (Lipinski definition) is 8. The summed E-state index contributed by atoms with van der Waals surface area (Å²) in [6.45, 7) is 8.78. The van der Waals surface area contributed by atoms with E-state index in [0.717, 1.165) is 33.4 Å². The maximum absolute atomic E-state index is 15.1. The summed E-state index contributed by atoms with van der Waals surface area (Å²) in [6, 6.07) is 14.7. The summed E-state index contributed by atoms with van der Waals surface area (Å²) >= 11 is 0. The van der Waals surface area contributed by atoms with Gasteiger partial charge in [0.25, 0.3) is 0 Å². The molecular weight excluding hydrogens is 649 g/mol. The summed E-state index contributed by atoms with van der Waals surface area (Å²) in [4.78, 5) is 41.5. The number of halogens is 1. The maximum atomic E-state index is 15.1. The van der Waals surface area contributed by atoms with Crippen molar-refractivity contribution in [2.75, 3.05) is 44.2 Å². The molecule has 0 bridgehead atoms. The van der Waals surface area contributed by atoms with Gasteiger partial charge in [0.05, 0.1) is 24.1 Å². The Morgan fingerprint density at radius 2 is 1.92 bits per heavy atom. The van der Waals surface area contributed by atoms with Gasteiger partial charge in [-0.25, -0.2) is 14.4 Å². The number of carbonyl (C=O) groups excluding carboxylic acids is 2. The van der Waals surface area contributed by atoms with Gasteiger partial charge in [0.2, 0.25) is 17.7 Å². The maximum Gasteiger partial charge on any atom is 0.237 e. The highest BCUT2D eigenvalue weighted by Gasteiger charge is 2.33. The molecule has 0 radical (unpaired) electrons. The lowest BCUT2D eigenvalue weighted by atomic mass is 9.97. The molecule has 5 heterocycles. The highest BCUT2D eigenvalue weighted by atomic mass is 19.1. The number of nitrogens with zero attached hydrogens (tertiary/aromatic N) is 8. The molecular formula is C38H42FN9O3. The Hall–Kier alpha value is -5.43. The van der Waals surface area contributed by atoms with Crippen LogP contribution in [0.15, 0.2) is 67.1 Å². The van der Waals surface area contributed by atoms with Crippen molar-refractivity contribution in [3.05, 3.63) is 78.5 Å². The van der Waals surface area contributed by atoms with Gasteiger partial charge in [-0.05, 0) is 76.1 Å². The van der Waals surface area contributed by atoms with Crippen LogP contribution in [0.1, 0.15) is 39.2 Å². The standard InChI is InChI=1S/C38H42FN9O3/c1-5-48(29-8-10-33-31(19-29)36(43-42-33)27-7-11-34(40-20-27)51-24(2)3)38(50)28-12-15-46(21-28)22-35(49)47-16-13-25(14-17-47)30-9-6-26(18-32(30)39)37-41-23-45(4)44-37/h6-11,13,18-20,23-24,28H,5,12,14-17,21-22H2,1-4H3,(H,42,43)/t28-/m1/s1. The number of H-pyrrole nitrogens is 1. The summed E-state index contributed by atoms with van der Waals surface area (Å²) in [5.74, 6) is 0.550. The lowest BCUT2D eigenvalue weighted by Crippen LogP contribution is -2.42. The van der Waals surface area contributed by atoms with Crippen molar-refractivity contribution in [3.8, 4) is 28.5 Å². The average molecular weight is 692 g/mol. The molecule has 7 rings (SSSR count). The van der Waals surface area contributed by atoms with Gasteiger partial charge in [0.15, 0.2) is 5.82 Å². The molecule has 0 spiro atoms. The number of aryl methyl sites for hydroxylation is 1. The second-order valence-corrected chi connectivity index (χ2v) is 13.4. The van der Waals surface area contributed by atoms with E-state index in [2.05, 4.69) is 30.2 Å². The van der Waals surface area contributed by atoms with Crippen LogP contribution in [0.4, 0.5) is 10.1 Å². The first-order valence-corrected chi connectivity index (χ1v) is 17.4. The summed E-state index contributed by atoms with van der Waals surface area (Å²) in [5.41, 5.74) is 5.31. The van der Waals surface area contributed by atoms with E-state index in [1.165, 1.54) is 6.07 Å². The normalized spacial score (nSPS) is 16.5. The van der Waals surface area contributed by atoms with Crippen molar-refractivity contribution in [1.29, 1.82) is 0 Å². The lowest BCUT2D eigenvalue weighted by molar-refractivity contribution is -0.132. The van der Waals surface area contributed by atoms with Crippen LogP contribution >= 0.6 is 0 Å². The number of nitrogens with one attached hydrogen (secondary N) is 1. The summed E-state index contributed by atoms with van der Waals surface area (Å²) in [7, 11) is 1.77. The number of amides is 2. The largest absolute Gasteiger partial charge is 0.475 e. The van der Waals surface area contributed by atoms with E-state index >= 15 is 4.39 Å². The third-order valence-electron chi connectivity index (χ3n) is 9.52. The van der Waals surface area contributed by atoms with Crippen LogP contribution in [-0.4, -0.2) is 96.9 Å². The van der Waals surface area contributed by atoms with Crippen molar-refractivity contribution >= 4 is 34.0 Å². The second-order valence-electron chi connectivity index (χ2n) is 13.4. The summed E-state index contributed by atoms with van der Waals surface area (Å²) < 4.78 is 22.4. The molecule has 264 valence electrons. The van der Waals surface area contributed by atoms with E-state index in [-0.39, 0.29) is 36.2 Å². The Labute approximate surface area is 295 Å². The average Bonchev–Trinajstić information content (AvgIpc) is 3.89. The fourth-order valence-corrected chi connectivity index (χ4v) is 6.90. The smallest absolute Gasteiger partial charge is 0.237 e. The number of fused-ring (bicyclic) bond motifs is 1. The SMILES string of the molecule is CCN(C(=O)[C@@H]1CCN(CC(=O)N2CC=C(c3ccc(-c4ncn(C)n4)cc3F)CC2)C1)c1ccc2[nH]nc(-c3ccc(OC(C)C)nc3)c2c1. The number of anilines is 1. The molecule has 0 aliphatic carbocycles. The van der Waals surface area contributed by atoms with E-state index in [9.17, 15) is 9.59 Å². The molecule has 0 unspecified atom stereocenters. The first kappa shape index (κ1) is 34.0. The van der Waals surface area contributed by atoms with Gasteiger partial charge in [0.1, 0.15) is 17.8 Å². The van der Waals surface area contributed by atoms with Crippen LogP contribution in [-0.2, 0) is 16.6 Å². The zero-order valence-electron chi connectivity index (χ0n) is 29.3. The molecule has 0 saturated carbocycles. The molecule has 1 saturated heterocycles. The van der Waals surface area contributed by atoms with Crippen LogP contribution in [0.2, 0.25) is 0 Å². The van der Waals surface area contributed by atoms with Gasteiger partial charge in [-0.15, -0.1) is 0 Å². The molecule has 5 aromatic rings. The number of rotatable bonds is 10. The first-order chi connectivity index (χ1) is 24.7. The highest BCUT2D eigenvalue weighted by molar-refractivity contribution is 6.00. The molecule has 2 aliphatic rings. The Morgan fingerprint density at radius 1 is 1.08 bits per heavy atom. The van der Waals surface area contributed by atoms with E-state index in [4.69, 9.17) is 4.74 Å². The second kappa shape index (κ2) is 14.4. The topological polar surface area (TPSA) is 125 Å². The molecule has 3 aromatic heterocycles. The summed E-state index contributed by atoms with van der Waals surface area (Å²) in [5, 5.41) is 12.8.